The molecule has 4 N–H and O–H groups in total. The highest BCUT2D eigenvalue weighted by atomic mass is 32.1. The lowest BCUT2D eigenvalue weighted by Crippen LogP contribution is -2.31. The number of thiophene rings is 1. The number of nitrogens with two attached hydrogens (primary N) is 2. The lowest BCUT2D eigenvalue weighted by atomic mass is 10.1. The number of carbonyl (C=O) groups is 2. The summed E-state index contributed by atoms with van der Waals surface area (Å²) in [6.45, 7) is 3.12. The van der Waals surface area contributed by atoms with E-state index in [1.165, 1.54) is 34.8 Å². The molecule has 0 fully saturated rings. The topological polar surface area (TPSA) is 92.7 Å². The first-order chi connectivity index (χ1) is 14.4. The van der Waals surface area contributed by atoms with Crippen LogP contribution in [0.2, 0.25) is 0 Å². The number of para-hydroxylation sites is 1. The molecule has 2 amide bonds. The third-order valence-corrected chi connectivity index (χ3v) is 5.18. The fraction of sp³-hybridized carbons (Fsp3) is 0.217. The second-order valence-electron chi connectivity index (χ2n) is 6.95. The molecule has 3 rings (SSSR count). The Labute approximate surface area is 181 Å². The minimum atomic E-state index is -0.522. The van der Waals surface area contributed by atoms with E-state index in [2.05, 4.69) is 71.7 Å². The van der Waals surface area contributed by atoms with Gasteiger partial charge in [-0.05, 0) is 61.9 Å². The fourth-order valence-corrected chi connectivity index (χ4v) is 3.37. The fourth-order valence-electron chi connectivity index (χ4n) is 2.65. The Morgan fingerprint density at radius 3 is 1.80 bits per heavy atom. The van der Waals surface area contributed by atoms with Gasteiger partial charge in [-0.25, -0.2) is 0 Å². The molecule has 0 aliphatic heterocycles. The Hall–Kier alpha value is -3.16. The molecule has 0 aliphatic carbocycles. The van der Waals surface area contributed by atoms with Gasteiger partial charge in [0.15, 0.2) is 0 Å². The van der Waals surface area contributed by atoms with Crippen LogP contribution in [0.1, 0.15) is 25.6 Å². The van der Waals surface area contributed by atoms with Gasteiger partial charge in [0, 0.05) is 34.8 Å². The van der Waals surface area contributed by atoms with Crippen molar-refractivity contribution in [2.24, 2.45) is 11.5 Å². The van der Waals surface area contributed by atoms with Crippen LogP contribution in [-0.4, -0.2) is 43.9 Å². The largest absolute Gasteiger partial charge is 0.366 e. The molecule has 1 aromatic heterocycles. The molecule has 0 atom stereocenters. The van der Waals surface area contributed by atoms with Crippen LogP contribution in [0.25, 0.3) is 0 Å². The molecule has 30 heavy (non-hydrogen) atoms. The van der Waals surface area contributed by atoms with Crippen LogP contribution in [0.4, 0.5) is 5.69 Å². The zero-order chi connectivity index (χ0) is 21.9. The third kappa shape index (κ3) is 7.69. The minimum absolute atomic E-state index is 0.361. The molecule has 2 aromatic carbocycles. The van der Waals surface area contributed by atoms with E-state index in [1.54, 1.807) is 0 Å². The van der Waals surface area contributed by atoms with Gasteiger partial charge in [-0.3, -0.25) is 9.59 Å². The number of amides is 2. The summed E-state index contributed by atoms with van der Waals surface area (Å²) in [6, 6.07) is 20.8. The number of hydrogen-bond acceptors (Lipinski definition) is 5. The van der Waals surface area contributed by atoms with E-state index in [0.29, 0.717) is 11.1 Å². The van der Waals surface area contributed by atoms with Crippen molar-refractivity contribution in [2.45, 2.75) is 6.54 Å². The molecule has 0 saturated heterocycles. The molecule has 0 saturated carbocycles. The van der Waals surface area contributed by atoms with Gasteiger partial charge < -0.3 is 21.3 Å². The van der Waals surface area contributed by atoms with Gasteiger partial charge in [-0.1, -0.05) is 24.3 Å². The Balaban J connectivity index is 0.000000232. The summed E-state index contributed by atoms with van der Waals surface area (Å²) < 4.78 is 0. The first-order valence-electron chi connectivity index (χ1n) is 9.53. The molecule has 158 valence electrons. The number of hydrogen-bond donors (Lipinski definition) is 2. The summed E-state index contributed by atoms with van der Waals surface area (Å²) in [5, 5.41) is 2.14. The minimum Gasteiger partial charge on any atom is -0.366 e. The second kappa shape index (κ2) is 11.7. The first-order valence-corrected chi connectivity index (χ1v) is 10.4. The maximum absolute atomic E-state index is 10.6. The number of carbonyl (C=O) groups excluding carboxylic acids is 2. The Morgan fingerprint density at radius 2 is 1.37 bits per heavy atom. The quantitative estimate of drug-likeness (QED) is 0.581. The molecule has 0 bridgehead atoms. The van der Waals surface area contributed by atoms with Crippen LogP contribution in [-0.2, 0) is 6.54 Å². The zero-order valence-corrected chi connectivity index (χ0v) is 18.1. The van der Waals surface area contributed by atoms with Crippen LogP contribution >= 0.6 is 11.3 Å². The van der Waals surface area contributed by atoms with Crippen molar-refractivity contribution in [3.63, 3.8) is 0 Å². The number of primary amides is 2. The molecule has 7 heteroatoms. The van der Waals surface area contributed by atoms with E-state index in [4.69, 9.17) is 11.5 Å². The van der Waals surface area contributed by atoms with Crippen molar-refractivity contribution in [3.8, 4) is 0 Å². The van der Waals surface area contributed by atoms with Gasteiger partial charge in [0.05, 0.1) is 6.54 Å². The van der Waals surface area contributed by atoms with Crippen molar-refractivity contribution in [3.05, 3.63) is 88.1 Å². The standard InChI is InChI=1S/C15H20N2S.C8H8N2O2/c1-16(2)10-11-17(13-15-9-6-12-18-15)14-7-4-3-5-8-14;9-7(11)5-1-2-6(4-3-5)8(10)12/h3-9,12H,10-11,13H2,1-2H3;1-4H,(H2,9,11)(H2,10,12). The molecule has 0 spiro atoms. The predicted octanol–water partition coefficient (Wildman–Crippen LogP) is 3.20. The summed E-state index contributed by atoms with van der Waals surface area (Å²) in [7, 11) is 4.24. The van der Waals surface area contributed by atoms with E-state index < -0.39 is 11.8 Å². The van der Waals surface area contributed by atoms with Crippen molar-refractivity contribution in [2.75, 3.05) is 32.1 Å². The number of nitrogens with zero attached hydrogens (tertiary/aromatic N) is 2. The average molecular weight is 425 g/mol. The second-order valence-corrected chi connectivity index (χ2v) is 7.98. The van der Waals surface area contributed by atoms with Crippen molar-refractivity contribution in [1.29, 1.82) is 0 Å². The van der Waals surface area contributed by atoms with Crippen LogP contribution < -0.4 is 16.4 Å². The van der Waals surface area contributed by atoms with E-state index >= 15 is 0 Å². The Kier molecular flexibility index (Phi) is 9.05. The summed E-state index contributed by atoms with van der Waals surface area (Å²) in [4.78, 5) is 27.3. The normalized spacial score (nSPS) is 10.2. The lowest BCUT2D eigenvalue weighted by molar-refractivity contribution is 0.0988. The summed E-state index contributed by atoms with van der Waals surface area (Å²) in [5.74, 6) is -1.04. The van der Waals surface area contributed by atoms with Gasteiger partial charge in [0.1, 0.15) is 0 Å². The van der Waals surface area contributed by atoms with E-state index in [-0.39, 0.29) is 0 Å². The highest BCUT2D eigenvalue weighted by Gasteiger charge is 2.08. The highest BCUT2D eigenvalue weighted by molar-refractivity contribution is 7.09. The average Bonchev–Trinajstić information content (AvgIpc) is 3.25. The van der Waals surface area contributed by atoms with Crippen molar-refractivity contribution < 1.29 is 9.59 Å². The molecular formula is C23H28N4O2S. The van der Waals surface area contributed by atoms with E-state index in [1.807, 2.05) is 11.3 Å². The zero-order valence-electron chi connectivity index (χ0n) is 17.3. The highest BCUT2D eigenvalue weighted by Crippen LogP contribution is 2.19. The van der Waals surface area contributed by atoms with Crippen molar-refractivity contribution in [1.82, 2.24) is 4.90 Å². The first kappa shape index (κ1) is 23.1. The van der Waals surface area contributed by atoms with Gasteiger partial charge in [-0.2, -0.15) is 0 Å². The monoisotopic (exact) mass is 424 g/mol. The van der Waals surface area contributed by atoms with E-state index in [0.717, 1.165) is 19.6 Å². The molecule has 6 nitrogen and oxygen atoms in total. The van der Waals surface area contributed by atoms with Gasteiger partial charge in [0.2, 0.25) is 11.8 Å². The van der Waals surface area contributed by atoms with Crippen LogP contribution in [0, 0.1) is 0 Å². The lowest BCUT2D eigenvalue weighted by Gasteiger charge is -2.26. The van der Waals surface area contributed by atoms with Gasteiger partial charge in [0.25, 0.3) is 0 Å². The number of anilines is 1. The predicted molar refractivity (Wildman–Crippen MR) is 124 cm³/mol. The number of likely N-dealkylation sites (N-methyl/N-ethyl adjacent to an activating group) is 1. The van der Waals surface area contributed by atoms with Gasteiger partial charge >= 0.3 is 0 Å². The van der Waals surface area contributed by atoms with E-state index in [9.17, 15) is 9.59 Å². The molecule has 3 aromatic rings. The smallest absolute Gasteiger partial charge is 0.248 e. The maximum Gasteiger partial charge on any atom is 0.248 e. The summed E-state index contributed by atoms with van der Waals surface area (Å²) in [6.07, 6.45) is 0. The molecule has 1 heterocycles. The Bertz CT molecular complexity index is 877. The number of benzene rings is 2. The summed E-state index contributed by atoms with van der Waals surface area (Å²) in [5.41, 5.74) is 12.0. The molecule has 0 aliphatic rings. The van der Waals surface area contributed by atoms with Crippen LogP contribution in [0.3, 0.4) is 0 Å². The Morgan fingerprint density at radius 1 is 0.800 bits per heavy atom. The van der Waals surface area contributed by atoms with Gasteiger partial charge in [-0.15, -0.1) is 11.3 Å². The number of rotatable bonds is 8. The molecular weight excluding hydrogens is 396 g/mol. The van der Waals surface area contributed by atoms with Crippen molar-refractivity contribution >= 4 is 28.8 Å². The summed E-state index contributed by atoms with van der Waals surface area (Å²) >= 11 is 1.82. The molecule has 0 radical (unpaired) electrons. The van der Waals surface area contributed by atoms with Crippen LogP contribution in [0.15, 0.2) is 72.1 Å². The SMILES string of the molecule is CN(C)CCN(Cc1cccs1)c1ccccc1.NC(=O)c1ccc(C(N)=O)cc1. The third-order valence-electron chi connectivity index (χ3n) is 4.32. The van der Waals surface area contributed by atoms with Crippen LogP contribution in [0.5, 0.6) is 0 Å². The molecule has 0 unspecified atom stereocenters. The maximum atomic E-state index is 10.6.